The van der Waals surface area contributed by atoms with Gasteiger partial charge in [0.05, 0.1) is 17.0 Å². The Morgan fingerprint density at radius 1 is 1.09 bits per heavy atom. The third-order valence-electron chi connectivity index (χ3n) is 3.56. The molecule has 7 heteroatoms. The van der Waals surface area contributed by atoms with Crippen molar-refractivity contribution in [2.45, 2.75) is 27.2 Å². The van der Waals surface area contributed by atoms with E-state index in [-0.39, 0.29) is 11.5 Å². The number of aromatic nitrogens is 4. The molecule has 0 aliphatic carbocycles. The van der Waals surface area contributed by atoms with Gasteiger partial charge in [0.1, 0.15) is 23.8 Å². The first kappa shape index (κ1) is 15.5. The van der Waals surface area contributed by atoms with Gasteiger partial charge in [-0.15, -0.1) is 0 Å². The fraction of sp³-hybridized carbons (Fsp3) is 0.312. The molecule has 0 aliphatic heterocycles. The standard InChI is InChI=1S/C16H15F3N4/c1-8(2)4-13-14(9(3)22-16-20-7-21-23(13)16)15-11(18)5-10(17)6-12(15)19/h5-8H,4H2,1-3H3. The molecule has 2 aromatic heterocycles. The van der Waals surface area contributed by atoms with Crippen LogP contribution in [0.2, 0.25) is 0 Å². The Kier molecular flexibility index (Phi) is 3.79. The first-order valence-corrected chi connectivity index (χ1v) is 7.22. The fourth-order valence-corrected chi connectivity index (χ4v) is 2.70. The van der Waals surface area contributed by atoms with Gasteiger partial charge in [0, 0.05) is 17.7 Å². The van der Waals surface area contributed by atoms with E-state index in [1.807, 2.05) is 13.8 Å². The van der Waals surface area contributed by atoms with Crippen molar-refractivity contribution in [2.75, 3.05) is 0 Å². The Morgan fingerprint density at radius 2 is 1.74 bits per heavy atom. The number of aryl methyl sites for hydroxylation is 1. The number of benzene rings is 1. The van der Waals surface area contributed by atoms with Crippen LogP contribution in [0.1, 0.15) is 25.2 Å². The molecule has 1 aromatic carbocycles. The molecule has 0 saturated heterocycles. The van der Waals surface area contributed by atoms with Crippen LogP contribution >= 0.6 is 0 Å². The summed E-state index contributed by atoms with van der Waals surface area (Å²) in [7, 11) is 0. The Hall–Kier alpha value is -2.44. The lowest BCUT2D eigenvalue weighted by Gasteiger charge is -2.16. The van der Waals surface area contributed by atoms with Crippen molar-refractivity contribution in [1.29, 1.82) is 0 Å². The van der Waals surface area contributed by atoms with Crippen molar-refractivity contribution in [3.63, 3.8) is 0 Å². The first-order valence-electron chi connectivity index (χ1n) is 7.22. The van der Waals surface area contributed by atoms with E-state index in [0.29, 0.717) is 41.3 Å². The summed E-state index contributed by atoms with van der Waals surface area (Å²) in [6.07, 6.45) is 1.86. The maximum absolute atomic E-state index is 14.3. The van der Waals surface area contributed by atoms with Gasteiger partial charge in [0.2, 0.25) is 0 Å². The number of nitrogens with zero attached hydrogens (tertiary/aromatic N) is 4. The largest absolute Gasteiger partial charge is 0.252 e. The quantitative estimate of drug-likeness (QED) is 0.739. The van der Waals surface area contributed by atoms with E-state index in [1.165, 1.54) is 10.8 Å². The molecule has 0 spiro atoms. The zero-order valence-electron chi connectivity index (χ0n) is 12.9. The third-order valence-corrected chi connectivity index (χ3v) is 3.56. The van der Waals surface area contributed by atoms with Gasteiger partial charge in [-0.1, -0.05) is 13.8 Å². The maximum atomic E-state index is 14.3. The highest BCUT2D eigenvalue weighted by atomic mass is 19.1. The van der Waals surface area contributed by atoms with Gasteiger partial charge < -0.3 is 0 Å². The van der Waals surface area contributed by atoms with Crippen LogP contribution in [0.4, 0.5) is 13.2 Å². The van der Waals surface area contributed by atoms with Gasteiger partial charge in [-0.3, -0.25) is 0 Å². The predicted molar refractivity (Wildman–Crippen MR) is 79.4 cm³/mol. The molecular formula is C16H15F3N4. The third kappa shape index (κ3) is 2.67. The molecule has 120 valence electrons. The summed E-state index contributed by atoms with van der Waals surface area (Å²) in [6, 6.07) is 1.34. The van der Waals surface area contributed by atoms with Gasteiger partial charge >= 0.3 is 0 Å². The zero-order chi connectivity index (χ0) is 16.7. The molecule has 0 fully saturated rings. The molecule has 3 rings (SSSR count). The number of hydrogen-bond acceptors (Lipinski definition) is 3. The number of halogens is 3. The Bertz CT molecular complexity index is 863. The topological polar surface area (TPSA) is 43.1 Å². The van der Waals surface area contributed by atoms with Gasteiger partial charge in [-0.2, -0.15) is 10.1 Å². The van der Waals surface area contributed by atoms with Gasteiger partial charge in [-0.25, -0.2) is 22.7 Å². The van der Waals surface area contributed by atoms with Crippen LogP contribution < -0.4 is 0 Å². The van der Waals surface area contributed by atoms with E-state index < -0.39 is 17.5 Å². The summed E-state index contributed by atoms with van der Waals surface area (Å²) in [6.45, 7) is 5.62. The minimum absolute atomic E-state index is 0.217. The second kappa shape index (κ2) is 5.64. The first-order chi connectivity index (χ1) is 10.9. The van der Waals surface area contributed by atoms with E-state index in [0.717, 1.165) is 0 Å². The van der Waals surface area contributed by atoms with Gasteiger partial charge in [0.15, 0.2) is 0 Å². The van der Waals surface area contributed by atoms with Crippen molar-refractivity contribution >= 4 is 5.78 Å². The molecular weight excluding hydrogens is 305 g/mol. The smallest absolute Gasteiger partial charge is 0.216 e. The number of hydrogen-bond donors (Lipinski definition) is 0. The molecule has 0 unspecified atom stereocenters. The molecule has 0 amide bonds. The van der Waals surface area contributed by atoms with Crippen molar-refractivity contribution < 1.29 is 13.2 Å². The highest BCUT2D eigenvalue weighted by Crippen LogP contribution is 2.33. The molecule has 0 N–H and O–H groups in total. The van der Waals surface area contributed by atoms with E-state index in [9.17, 15) is 13.2 Å². The van der Waals surface area contributed by atoms with Crippen molar-refractivity contribution in [2.24, 2.45) is 5.92 Å². The van der Waals surface area contributed by atoms with Crippen molar-refractivity contribution in [3.8, 4) is 11.1 Å². The van der Waals surface area contributed by atoms with Crippen molar-refractivity contribution in [3.05, 3.63) is 47.3 Å². The molecule has 2 heterocycles. The molecule has 23 heavy (non-hydrogen) atoms. The Labute approximate surface area is 131 Å². The summed E-state index contributed by atoms with van der Waals surface area (Å²) in [4.78, 5) is 8.28. The Balaban J connectivity index is 2.39. The summed E-state index contributed by atoms with van der Waals surface area (Å²) < 4.78 is 43.2. The van der Waals surface area contributed by atoms with Gasteiger partial charge in [0.25, 0.3) is 5.78 Å². The van der Waals surface area contributed by atoms with Crippen LogP contribution in [0.25, 0.3) is 16.9 Å². The van der Waals surface area contributed by atoms with Gasteiger partial charge in [-0.05, 0) is 19.3 Å². The van der Waals surface area contributed by atoms with Crippen LogP contribution in [0.5, 0.6) is 0 Å². The van der Waals surface area contributed by atoms with E-state index in [4.69, 9.17) is 0 Å². The lowest BCUT2D eigenvalue weighted by molar-refractivity contribution is 0.546. The van der Waals surface area contributed by atoms with Crippen LogP contribution in [-0.4, -0.2) is 19.6 Å². The van der Waals surface area contributed by atoms with Crippen LogP contribution in [0, 0.1) is 30.3 Å². The maximum Gasteiger partial charge on any atom is 0.252 e. The molecule has 0 saturated carbocycles. The summed E-state index contributed by atoms with van der Waals surface area (Å²) in [5.74, 6) is -2.30. The average Bonchev–Trinajstić information content (AvgIpc) is 2.88. The summed E-state index contributed by atoms with van der Waals surface area (Å²) >= 11 is 0. The second-order valence-corrected chi connectivity index (χ2v) is 5.83. The van der Waals surface area contributed by atoms with E-state index in [2.05, 4.69) is 15.1 Å². The lowest BCUT2D eigenvalue weighted by Crippen LogP contribution is -2.11. The van der Waals surface area contributed by atoms with E-state index >= 15 is 0 Å². The molecule has 4 nitrogen and oxygen atoms in total. The molecule has 0 bridgehead atoms. The fourth-order valence-electron chi connectivity index (χ4n) is 2.70. The minimum Gasteiger partial charge on any atom is -0.216 e. The normalized spacial score (nSPS) is 11.6. The van der Waals surface area contributed by atoms with Crippen molar-refractivity contribution in [1.82, 2.24) is 19.6 Å². The predicted octanol–water partition coefficient (Wildman–Crippen LogP) is 3.72. The average molecular weight is 320 g/mol. The lowest BCUT2D eigenvalue weighted by atomic mass is 9.96. The highest BCUT2D eigenvalue weighted by Gasteiger charge is 2.23. The molecule has 0 atom stereocenters. The Morgan fingerprint density at radius 3 is 2.35 bits per heavy atom. The summed E-state index contributed by atoms with van der Waals surface area (Å²) in [5.41, 5.74) is 1.03. The van der Waals surface area contributed by atoms with Crippen LogP contribution in [-0.2, 0) is 6.42 Å². The monoisotopic (exact) mass is 320 g/mol. The molecule has 0 aliphatic rings. The minimum atomic E-state index is -0.961. The molecule has 3 aromatic rings. The van der Waals surface area contributed by atoms with Crippen LogP contribution in [0.3, 0.4) is 0 Å². The van der Waals surface area contributed by atoms with E-state index in [1.54, 1.807) is 6.92 Å². The zero-order valence-corrected chi connectivity index (χ0v) is 12.9. The number of rotatable bonds is 3. The summed E-state index contributed by atoms with van der Waals surface area (Å²) in [5, 5.41) is 4.10. The number of fused-ring (bicyclic) bond motifs is 1. The SMILES string of the molecule is Cc1nc2ncnn2c(CC(C)C)c1-c1c(F)cc(F)cc1F. The van der Waals surface area contributed by atoms with Crippen LogP contribution in [0.15, 0.2) is 18.5 Å². The highest BCUT2D eigenvalue weighted by molar-refractivity contribution is 5.71. The second-order valence-electron chi connectivity index (χ2n) is 5.83. The molecule has 0 radical (unpaired) electrons.